The van der Waals surface area contributed by atoms with Gasteiger partial charge in [0.25, 0.3) is 0 Å². The Morgan fingerprint density at radius 1 is 1.22 bits per heavy atom. The van der Waals surface area contributed by atoms with Crippen molar-refractivity contribution in [3.63, 3.8) is 0 Å². The first-order valence-electron chi connectivity index (χ1n) is 8.30. The quantitative estimate of drug-likeness (QED) is 0.637. The Morgan fingerprint density at radius 3 is 2.63 bits per heavy atom. The first-order chi connectivity index (χ1) is 13.0. The summed E-state index contributed by atoms with van der Waals surface area (Å²) < 4.78 is 48.4. The fourth-order valence-corrected chi connectivity index (χ4v) is 2.62. The van der Waals surface area contributed by atoms with Gasteiger partial charge in [0.05, 0.1) is 32.1 Å². The van der Waals surface area contributed by atoms with E-state index in [9.17, 15) is 13.2 Å². The lowest BCUT2D eigenvalue weighted by Crippen LogP contribution is -2.36. The highest BCUT2D eigenvalue weighted by molar-refractivity contribution is 5.85. The molecule has 9 heteroatoms. The van der Waals surface area contributed by atoms with Crippen molar-refractivity contribution in [2.75, 3.05) is 43.7 Å². The van der Waals surface area contributed by atoms with Gasteiger partial charge in [-0.2, -0.15) is 18.3 Å². The average Bonchev–Trinajstić information content (AvgIpc) is 2.68. The summed E-state index contributed by atoms with van der Waals surface area (Å²) in [5.41, 5.74) is 3.56. The molecule has 6 nitrogen and oxygen atoms in total. The third-order valence-corrected chi connectivity index (χ3v) is 4.07. The van der Waals surface area contributed by atoms with Gasteiger partial charge >= 0.3 is 6.18 Å². The number of nitrogens with zero attached hydrogens (tertiary/aromatic N) is 3. The maximum absolute atomic E-state index is 12.5. The highest BCUT2D eigenvalue weighted by Gasteiger charge is 2.30. The zero-order chi connectivity index (χ0) is 19.3. The smallest absolute Gasteiger partial charge is 0.417 e. The van der Waals surface area contributed by atoms with Crippen molar-refractivity contribution in [1.82, 2.24) is 4.98 Å². The number of hydrogen-bond acceptors (Lipinski definition) is 6. The van der Waals surface area contributed by atoms with Gasteiger partial charge in [-0.3, -0.25) is 5.43 Å². The number of nitrogens with one attached hydrogen (secondary N) is 1. The van der Waals surface area contributed by atoms with Crippen LogP contribution >= 0.6 is 0 Å². The largest absolute Gasteiger partial charge is 0.496 e. The Balaban J connectivity index is 1.67. The van der Waals surface area contributed by atoms with E-state index in [1.807, 2.05) is 18.2 Å². The molecule has 0 unspecified atom stereocenters. The van der Waals surface area contributed by atoms with Crippen LogP contribution < -0.4 is 15.1 Å². The zero-order valence-electron chi connectivity index (χ0n) is 14.7. The first-order valence-corrected chi connectivity index (χ1v) is 8.30. The summed E-state index contributed by atoms with van der Waals surface area (Å²) >= 11 is 0. The predicted octanol–water partition coefficient (Wildman–Crippen LogP) is 3.39. The van der Waals surface area contributed by atoms with Crippen LogP contribution in [0.2, 0.25) is 0 Å². The maximum Gasteiger partial charge on any atom is 0.417 e. The third kappa shape index (κ3) is 4.88. The number of anilines is 2. The van der Waals surface area contributed by atoms with Crippen LogP contribution in [-0.2, 0) is 10.9 Å². The molecule has 27 heavy (non-hydrogen) atoms. The summed E-state index contributed by atoms with van der Waals surface area (Å²) in [5, 5.41) is 4.02. The number of rotatable bonds is 5. The molecule has 1 aliphatic rings. The van der Waals surface area contributed by atoms with E-state index < -0.39 is 11.7 Å². The van der Waals surface area contributed by atoms with E-state index in [1.54, 1.807) is 7.11 Å². The van der Waals surface area contributed by atoms with Crippen LogP contribution in [0, 0.1) is 0 Å². The second-order valence-electron chi connectivity index (χ2n) is 5.83. The molecule has 0 radical (unpaired) electrons. The molecule has 0 amide bonds. The molecule has 0 aliphatic carbocycles. The van der Waals surface area contributed by atoms with Gasteiger partial charge in [-0.15, -0.1) is 0 Å². The Morgan fingerprint density at radius 2 is 2.00 bits per heavy atom. The second-order valence-corrected chi connectivity index (χ2v) is 5.83. The number of halogens is 3. The highest BCUT2D eigenvalue weighted by atomic mass is 19.4. The number of morpholine rings is 1. The monoisotopic (exact) mass is 380 g/mol. The van der Waals surface area contributed by atoms with Crippen LogP contribution in [0.5, 0.6) is 5.75 Å². The minimum Gasteiger partial charge on any atom is -0.496 e. The topological polar surface area (TPSA) is 59.0 Å². The molecule has 1 aromatic carbocycles. The molecular weight excluding hydrogens is 361 g/mol. The van der Waals surface area contributed by atoms with Crippen molar-refractivity contribution in [1.29, 1.82) is 0 Å². The van der Waals surface area contributed by atoms with Crippen LogP contribution in [0.4, 0.5) is 24.7 Å². The van der Waals surface area contributed by atoms with E-state index in [2.05, 4.69) is 20.4 Å². The van der Waals surface area contributed by atoms with E-state index in [0.29, 0.717) is 19.0 Å². The van der Waals surface area contributed by atoms with Crippen molar-refractivity contribution < 1.29 is 22.6 Å². The Hall–Kier alpha value is -2.81. The number of hydrogen-bond donors (Lipinski definition) is 1. The number of methoxy groups -OCH3 is 1. The molecule has 1 fully saturated rings. The molecule has 0 bridgehead atoms. The maximum atomic E-state index is 12.5. The molecule has 0 spiro atoms. The van der Waals surface area contributed by atoms with Crippen molar-refractivity contribution in [3.8, 4) is 5.75 Å². The summed E-state index contributed by atoms with van der Waals surface area (Å²) in [4.78, 5) is 5.91. The highest BCUT2D eigenvalue weighted by Crippen LogP contribution is 2.29. The average molecular weight is 380 g/mol. The normalized spacial score (nSPS) is 15.2. The van der Waals surface area contributed by atoms with Gasteiger partial charge in [0.15, 0.2) is 0 Å². The Kier molecular flexibility index (Phi) is 5.80. The molecule has 144 valence electrons. The van der Waals surface area contributed by atoms with Gasteiger partial charge in [0, 0.05) is 36.6 Å². The minimum absolute atomic E-state index is 0.211. The van der Waals surface area contributed by atoms with Gasteiger partial charge in [-0.05, 0) is 24.3 Å². The lowest BCUT2D eigenvalue weighted by Gasteiger charge is -2.29. The molecule has 2 heterocycles. The minimum atomic E-state index is -4.41. The van der Waals surface area contributed by atoms with Crippen molar-refractivity contribution in [2.24, 2.45) is 5.10 Å². The molecule has 1 N–H and O–H groups in total. The molecule has 0 atom stereocenters. The van der Waals surface area contributed by atoms with Gasteiger partial charge in [-0.25, -0.2) is 4.98 Å². The zero-order valence-corrected chi connectivity index (χ0v) is 14.7. The SMILES string of the molecule is COc1cc(N2CCOCC2)ccc1/C=N/Nc1ccc(C(F)(F)F)cn1. The van der Waals surface area contributed by atoms with Crippen molar-refractivity contribution in [2.45, 2.75) is 6.18 Å². The number of alkyl halides is 3. The van der Waals surface area contributed by atoms with Gasteiger partial charge in [-0.1, -0.05) is 0 Å². The lowest BCUT2D eigenvalue weighted by molar-refractivity contribution is -0.137. The van der Waals surface area contributed by atoms with E-state index in [-0.39, 0.29) is 5.82 Å². The lowest BCUT2D eigenvalue weighted by atomic mass is 10.1. The molecule has 2 aromatic rings. The summed E-state index contributed by atoms with van der Waals surface area (Å²) in [6.07, 6.45) is -2.12. The molecule has 1 aromatic heterocycles. The van der Waals surface area contributed by atoms with Crippen molar-refractivity contribution in [3.05, 3.63) is 47.7 Å². The summed E-state index contributed by atoms with van der Waals surface area (Å²) in [5.74, 6) is 0.855. The van der Waals surface area contributed by atoms with Gasteiger partial charge in [0.2, 0.25) is 0 Å². The van der Waals surface area contributed by atoms with Crippen LogP contribution in [0.1, 0.15) is 11.1 Å². The second kappa shape index (κ2) is 8.26. The molecule has 1 saturated heterocycles. The fourth-order valence-electron chi connectivity index (χ4n) is 2.62. The fraction of sp³-hybridized carbons (Fsp3) is 0.333. The van der Waals surface area contributed by atoms with E-state index in [1.165, 1.54) is 12.3 Å². The molecule has 1 aliphatic heterocycles. The van der Waals surface area contributed by atoms with Crippen LogP contribution in [0.25, 0.3) is 0 Å². The standard InChI is InChI=1S/C18H19F3N4O2/c1-26-16-10-15(25-6-8-27-9-7-25)4-2-13(16)11-23-24-17-5-3-14(12-22-17)18(19,20)21/h2-5,10-12H,6-9H2,1H3,(H,22,24)/b23-11+. The number of pyridine rings is 1. The molecule has 3 rings (SSSR count). The third-order valence-electron chi connectivity index (χ3n) is 4.07. The Labute approximate surface area is 154 Å². The van der Waals surface area contributed by atoms with E-state index in [4.69, 9.17) is 9.47 Å². The number of hydrazone groups is 1. The number of aromatic nitrogens is 1. The number of ether oxygens (including phenoxy) is 2. The Bertz CT molecular complexity index is 788. The first kappa shape index (κ1) is 19.0. The van der Waals surface area contributed by atoms with E-state index in [0.717, 1.165) is 36.6 Å². The molecule has 0 saturated carbocycles. The predicted molar refractivity (Wildman–Crippen MR) is 96.5 cm³/mol. The van der Waals surface area contributed by atoms with Crippen molar-refractivity contribution >= 4 is 17.7 Å². The summed E-state index contributed by atoms with van der Waals surface area (Å²) in [6, 6.07) is 7.92. The van der Waals surface area contributed by atoms with Crippen LogP contribution in [-0.4, -0.2) is 44.6 Å². The van der Waals surface area contributed by atoms with Gasteiger partial charge < -0.3 is 14.4 Å². The van der Waals surface area contributed by atoms with Crippen LogP contribution in [0.15, 0.2) is 41.6 Å². The molecular formula is C18H19F3N4O2. The number of benzene rings is 1. The van der Waals surface area contributed by atoms with Crippen LogP contribution in [0.3, 0.4) is 0 Å². The van der Waals surface area contributed by atoms with Gasteiger partial charge in [0.1, 0.15) is 11.6 Å². The summed E-state index contributed by atoms with van der Waals surface area (Å²) in [6.45, 7) is 3.01. The summed E-state index contributed by atoms with van der Waals surface area (Å²) in [7, 11) is 1.57. The van der Waals surface area contributed by atoms with E-state index >= 15 is 0 Å².